The maximum atomic E-state index is 12.7. The molecule has 0 fully saturated rings. The number of hydrogen-bond donors (Lipinski definition) is 4. The highest BCUT2D eigenvalue weighted by molar-refractivity contribution is 8.76. The van der Waals surface area contributed by atoms with Gasteiger partial charge in [0.05, 0.1) is 11.1 Å². The Kier molecular flexibility index (Phi) is 8.75. The van der Waals surface area contributed by atoms with E-state index < -0.39 is 29.8 Å². The molecule has 10 heteroatoms. The van der Waals surface area contributed by atoms with Gasteiger partial charge in [-0.3, -0.25) is 14.4 Å². The molecule has 2 amide bonds. The molecule has 2 aromatic rings. The van der Waals surface area contributed by atoms with Gasteiger partial charge >= 0.3 is 11.9 Å². The Morgan fingerprint density at radius 2 is 1.43 bits per heavy atom. The van der Waals surface area contributed by atoms with Gasteiger partial charge in [-0.2, -0.15) is 0 Å². The summed E-state index contributed by atoms with van der Waals surface area (Å²) in [5.41, 5.74) is 6.02. The number of rotatable bonds is 11. The minimum absolute atomic E-state index is 0.00339. The average molecular weight is 449 g/mol. The van der Waals surface area contributed by atoms with Gasteiger partial charge in [-0.1, -0.05) is 45.9 Å². The number of carboxylic acid groups (broad SMARTS) is 2. The van der Waals surface area contributed by atoms with Crippen molar-refractivity contribution in [3.63, 3.8) is 0 Å². The third-order valence-corrected chi connectivity index (χ3v) is 6.47. The smallest absolute Gasteiger partial charge is 0.326 e. The standard InChI is InChI=1S/C20H20N2O6S2/c21-18(25)12-6-1-3-9-15(12)29-30-16-10-4-2-7-13(16)19(26)22-14(20(27)28)8-5-11-17(23)24/h1-4,6-7,9-10,14H,5,8,11H2,(H2,21,25)(H,22,26)(H,23,24)(H,27,28). The van der Waals surface area contributed by atoms with Crippen LogP contribution < -0.4 is 11.1 Å². The zero-order chi connectivity index (χ0) is 22.1. The fourth-order valence-corrected chi connectivity index (χ4v) is 4.88. The number of carboxylic acids is 2. The molecule has 0 saturated heterocycles. The minimum atomic E-state index is -1.23. The van der Waals surface area contributed by atoms with Crippen molar-refractivity contribution >= 4 is 45.3 Å². The highest BCUT2D eigenvalue weighted by Crippen LogP contribution is 2.40. The van der Waals surface area contributed by atoms with E-state index in [0.717, 1.165) is 0 Å². The summed E-state index contributed by atoms with van der Waals surface area (Å²) in [4.78, 5) is 47.5. The Balaban J connectivity index is 2.11. The lowest BCUT2D eigenvalue weighted by Gasteiger charge is -2.15. The van der Waals surface area contributed by atoms with Gasteiger partial charge in [0.1, 0.15) is 6.04 Å². The molecule has 2 aromatic carbocycles. The highest BCUT2D eigenvalue weighted by Gasteiger charge is 2.22. The van der Waals surface area contributed by atoms with Gasteiger partial charge in [0.2, 0.25) is 5.91 Å². The quantitative estimate of drug-likeness (QED) is 0.384. The van der Waals surface area contributed by atoms with E-state index in [1.165, 1.54) is 21.6 Å². The molecule has 0 aliphatic heterocycles. The fraction of sp³-hybridized carbons (Fsp3) is 0.200. The van der Waals surface area contributed by atoms with Crippen molar-refractivity contribution in [3.05, 3.63) is 59.7 Å². The fourth-order valence-electron chi connectivity index (χ4n) is 2.51. The Hall–Kier alpha value is -2.98. The molecule has 0 aromatic heterocycles. The van der Waals surface area contributed by atoms with E-state index >= 15 is 0 Å². The number of carbonyl (C=O) groups excluding carboxylic acids is 2. The number of nitrogens with one attached hydrogen (secondary N) is 1. The van der Waals surface area contributed by atoms with Crippen LogP contribution >= 0.6 is 21.6 Å². The summed E-state index contributed by atoms with van der Waals surface area (Å²) in [7, 11) is 2.50. The Labute approximate surface area is 180 Å². The highest BCUT2D eigenvalue weighted by atomic mass is 33.1. The van der Waals surface area contributed by atoms with Crippen LogP contribution in [0.5, 0.6) is 0 Å². The number of hydrogen-bond acceptors (Lipinski definition) is 6. The summed E-state index contributed by atoms with van der Waals surface area (Å²) in [6, 6.07) is 12.3. The number of aliphatic carboxylic acids is 2. The largest absolute Gasteiger partial charge is 0.481 e. The van der Waals surface area contributed by atoms with E-state index in [1.807, 2.05) is 0 Å². The number of benzene rings is 2. The third-order valence-electron chi connectivity index (χ3n) is 3.99. The van der Waals surface area contributed by atoms with E-state index in [9.17, 15) is 24.3 Å². The maximum absolute atomic E-state index is 12.7. The molecular formula is C20H20N2O6S2. The summed E-state index contributed by atoms with van der Waals surface area (Å²) < 4.78 is 0. The van der Waals surface area contributed by atoms with E-state index in [0.29, 0.717) is 15.4 Å². The van der Waals surface area contributed by atoms with Crippen LogP contribution in [0.1, 0.15) is 40.0 Å². The normalized spacial score (nSPS) is 11.5. The summed E-state index contributed by atoms with van der Waals surface area (Å²) in [5, 5.41) is 20.5. The Morgan fingerprint density at radius 1 is 0.900 bits per heavy atom. The SMILES string of the molecule is NC(=O)c1ccccc1SSc1ccccc1C(=O)NC(CCCC(=O)O)C(=O)O. The number of carbonyl (C=O) groups is 4. The molecule has 0 aliphatic rings. The molecule has 1 unspecified atom stereocenters. The first-order valence-corrected chi connectivity index (χ1v) is 11.0. The van der Waals surface area contributed by atoms with Gasteiger partial charge in [0.25, 0.3) is 5.91 Å². The van der Waals surface area contributed by atoms with Crippen molar-refractivity contribution in [2.45, 2.75) is 35.1 Å². The third kappa shape index (κ3) is 6.82. The average Bonchev–Trinajstić information content (AvgIpc) is 2.71. The predicted octanol–water partition coefficient (Wildman–Crippen LogP) is 3.02. The van der Waals surface area contributed by atoms with Crippen molar-refractivity contribution in [2.24, 2.45) is 5.73 Å². The van der Waals surface area contributed by atoms with Gasteiger partial charge < -0.3 is 21.3 Å². The van der Waals surface area contributed by atoms with Crippen molar-refractivity contribution in [2.75, 3.05) is 0 Å². The van der Waals surface area contributed by atoms with Crippen LogP contribution in [0, 0.1) is 0 Å². The van der Waals surface area contributed by atoms with Crippen molar-refractivity contribution in [3.8, 4) is 0 Å². The van der Waals surface area contributed by atoms with Gasteiger partial charge in [-0.25, -0.2) is 4.79 Å². The van der Waals surface area contributed by atoms with E-state index in [2.05, 4.69) is 5.32 Å². The Bertz CT molecular complexity index is 950. The van der Waals surface area contributed by atoms with Gasteiger partial charge in [-0.05, 0) is 37.1 Å². The number of amides is 2. The first-order valence-electron chi connectivity index (χ1n) is 8.87. The van der Waals surface area contributed by atoms with Crippen LogP contribution in [0.15, 0.2) is 58.3 Å². The molecule has 158 valence electrons. The van der Waals surface area contributed by atoms with Crippen LogP contribution in [0.3, 0.4) is 0 Å². The summed E-state index contributed by atoms with van der Waals surface area (Å²) in [6.07, 6.45) is -0.0475. The number of nitrogens with two attached hydrogens (primary N) is 1. The molecule has 0 spiro atoms. The summed E-state index contributed by atoms with van der Waals surface area (Å²) in [6.45, 7) is 0. The van der Waals surface area contributed by atoms with Crippen LogP contribution in [-0.4, -0.2) is 40.0 Å². The second kappa shape index (κ2) is 11.3. The first-order chi connectivity index (χ1) is 14.3. The topological polar surface area (TPSA) is 147 Å². The van der Waals surface area contributed by atoms with E-state index in [4.69, 9.17) is 10.8 Å². The molecule has 0 aliphatic carbocycles. The molecule has 30 heavy (non-hydrogen) atoms. The maximum Gasteiger partial charge on any atom is 0.326 e. The second-order valence-corrected chi connectivity index (χ2v) is 8.39. The van der Waals surface area contributed by atoms with Crippen LogP contribution in [0.2, 0.25) is 0 Å². The van der Waals surface area contributed by atoms with Crippen LogP contribution in [0.25, 0.3) is 0 Å². The van der Waals surface area contributed by atoms with Gasteiger partial charge in [-0.15, -0.1) is 0 Å². The van der Waals surface area contributed by atoms with E-state index in [-0.39, 0.29) is 24.8 Å². The molecular weight excluding hydrogens is 428 g/mol. The second-order valence-electron chi connectivity index (χ2n) is 6.17. The zero-order valence-corrected chi connectivity index (χ0v) is 17.4. The van der Waals surface area contributed by atoms with Gasteiger partial charge in [0, 0.05) is 16.2 Å². The van der Waals surface area contributed by atoms with Crippen molar-refractivity contribution in [1.29, 1.82) is 0 Å². The molecule has 2 rings (SSSR count). The molecule has 0 radical (unpaired) electrons. The number of primary amides is 1. The lowest BCUT2D eigenvalue weighted by Crippen LogP contribution is -2.41. The molecule has 1 atom stereocenters. The van der Waals surface area contributed by atoms with E-state index in [1.54, 1.807) is 48.5 Å². The van der Waals surface area contributed by atoms with Gasteiger partial charge in [0.15, 0.2) is 0 Å². The van der Waals surface area contributed by atoms with Crippen LogP contribution in [0.4, 0.5) is 0 Å². The van der Waals surface area contributed by atoms with Crippen molar-refractivity contribution in [1.82, 2.24) is 5.32 Å². The molecule has 0 bridgehead atoms. The molecule has 8 nitrogen and oxygen atoms in total. The zero-order valence-electron chi connectivity index (χ0n) is 15.7. The minimum Gasteiger partial charge on any atom is -0.481 e. The summed E-state index contributed by atoms with van der Waals surface area (Å²) >= 11 is 0. The Morgan fingerprint density at radius 3 is 1.97 bits per heavy atom. The summed E-state index contributed by atoms with van der Waals surface area (Å²) in [5.74, 6) is -3.40. The lowest BCUT2D eigenvalue weighted by atomic mass is 10.1. The lowest BCUT2D eigenvalue weighted by molar-refractivity contribution is -0.140. The first kappa shape index (κ1) is 23.3. The monoisotopic (exact) mass is 448 g/mol. The molecule has 0 saturated carbocycles. The van der Waals surface area contributed by atoms with Crippen LogP contribution in [-0.2, 0) is 9.59 Å². The predicted molar refractivity (Wildman–Crippen MR) is 113 cm³/mol. The van der Waals surface area contributed by atoms with Crippen molar-refractivity contribution < 1.29 is 29.4 Å². The molecule has 0 heterocycles. The molecule has 5 N–H and O–H groups in total.